The second-order valence-electron chi connectivity index (χ2n) is 36.7. The van der Waals surface area contributed by atoms with E-state index in [9.17, 15) is 111 Å². The fourth-order valence-electron chi connectivity index (χ4n) is 18.1. The summed E-state index contributed by atoms with van der Waals surface area (Å²) in [4.78, 5) is 134. The minimum Gasteiger partial charge on any atom is -0.507 e. The van der Waals surface area contributed by atoms with Crippen molar-refractivity contribution in [3.63, 3.8) is 0 Å². The standard InChI is InChI=1S/C97H118Cl3N11O35/c1-6-97(105-35-41-8-10-42(11-9-41)43-12-17-48(98)18-13-43)34-66(139-40(4)86(97)129)144-85-79(125)77(123)64(38-114)143-96(85)146-84-62-30-47-31-63(84)141-60-21-16-46(29-53(60)100)74(120)72-92(135)109-70(94(137)138)50-32-57(116)51(36-103-23-7-24-104-93(136)81(127)80(126)83(58(117)37-113)145-95-82(128)78(124)76(122)61(142-95)22-25-112)75(121)67(50)49-27-44(14-19-56(49)115)68(89(132)111-72)108-90(133)69(47)107-88(131)55(33-65(101)118)106-91(134)71(110-87(130)54(102-5)26-39(2)3)73(119)45-15-20-59(140-62)52(99)28-45/h8-21,27-32,39-40,54-55,58,61,64,66,68-74,76-83,85-86,95-96,102-103,105,112-117,119-129H,6-7,22-26,33-38H2,1-5H3,(H2,101,118)(H,104,136)(H,106,134)(H,107,131)(H,108,133)(H,109,135)(H,110,130)(H,111,132)(H,137,138)/t40?,54-,55?,58-,61?,64-,66+,68-,69-,70+,71-,72+,73-,74-,76+,77?,78+,79?,80-,81-,82?,83-,85-,86-,95+,96+,97?/m1/s1. The van der Waals surface area contributed by atoms with E-state index in [-0.39, 0.29) is 68.8 Å². The Morgan fingerprint density at radius 1 is 0.623 bits per heavy atom. The zero-order valence-corrected chi connectivity index (χ0v) is 81.3. The van der Waals surface area contributed by atoms with Crippen molar-refractivity contribution in [2.24, 2.45) is 11.7 Å². The zero-order chi connectivity index (χ0) is 106. The third kappa shape index (κ3) is 25.2. The van der Waals surface area contributed by atoms with Gasteiger partial charge in [-0.25, -0.2) is 4.79 Å². The number of primary amides is 1. The van der Waals surface area contributed by atoms with E-state index in [4.69, 9.17) is 78.4 Å². The van der Waals surface area contributed by atoms with Gasteiger partial charge in [0.15, 0.2) is 42.3 Å². The molecule has 0 saturated carbocycles. The van der Waals surface area contributed by atoms with Crippen LogP contribution >= 0.6 is 34.8 Å². The minimum absolute atomic E-state index is 0.111. The maximum Gasteiger partial charge on any atom is 0.330 e. The first-order chi connectivity index (χ1) is 69.4. The molecule has 8 aliphatic rings. The van der Waals surface area contributed by atoms with Crippen molar-refractivity contribution in [3.8, 4) is 68.2 Å². The second-order valence-corrected chi connectivity index (χ2v) is 37.9. The van der Waals surface area contributed by atoms with Crippen molar-refractivity contribution in [2.45, 2.75) is 244 Å². The van der Waals surface area contributed by atoms with Crippen LogP contribution in [0.15, 0.2) is 121 Å². The maximum atomic E-state index is 16.6. The SMILES string of the molecule is CCC1(NCc2ccc(-c3ccc(Cl)cc3)cc2)C[C@H](O[C@@H]2C(O)C(O)[C@@H](CO)O[C@H]2Oc2c3cc4cc2Oc2ccc(cc2Cl)[C@@H](O)[C@@H](NC(=O)[C@@H](CC(C)C)NC)C(=O)NC(CC(N)=O)C(=O)N[C@H]4C(=O)N[C@H]2C(=O)N[C@H](C(=O)N[C@H](C(=O)O)c4cc(O)c(CNCCCNC(=O)[C@H](O)[C@@H](O)[C@H](O[C@@H]5OC(CCO)[C@H](O)[C@H](O)C5O)[C@H](O)CO)c(O)c4-c4cc2ccc4O)[C@H](O)c2ccc(c(Cl)c2)O3)OC(C)[C@H]1O. The van der Waals surface area contributed by atoms with E-state index >= 15 is 24.0 Å². The normalized spacial score (nSPS) is 28.0. The number of carboxylic acids is 1. The molecule has 8 amide bonds. The topological polar surface area (TPSA) is 738 Å². The molecular formula is C97H118Cl3N11O35. The van der Waals surface area contributed by atoms with Gasteiger partial charge in [0.05, 0.1) is 65.1 Å². The Hall–Kier alpha value is -11.4. The summed E-state index contributed by atoms with van der Waals surface area (Å²) in [6.07, 6.45) is -37.8. The van der Waals surface area contributed by atoms with Crippen molar-refractivity contribution >= 4 is 88.0 Å². The number of likely N-dealkylation sites (N-methyl/N-ethyl adjacent to an activating group) is 1. The fraction of sp³-hybridized carbons (Fsp3) is 0.474. The molecule has 30 N–H and O–H groups in total. The number of carbonyl (C=O) groups excluding carboxylic acids is 8. The van der Waals surface area contributed by atoms with Gasteiger partial charge in [-0.1, -0.05) is 110 Å². The fourth-order valence-corrected chi connectivity index (χ4v) is 18.7. The summed E-state index contributed by atoms with van der Waals surface area (Å²) in [6, 6.07) is 12.0. The highest BCUT2D eigenvalue weighted by atomic mass is 35.5. The lowest BCUT2D eigenvalue weighted by atomic mass is 9.80. The first-order valence-electron chi connectivity index (χ1n) is 46.8. The molecule has 7 aromatic carbocycles. The summed E-state index contributed by atoms with van der Waals surface area (Å²) in [6.45, 7) is 3.20. The van der Waals surface area contributed by atoms with Gasteiger partial charge in [-0.3, -0.25) is 38.4 Å². The number of phenols is 3. The summed E-state index contributed by atoms with van der Waals surface area (Å²) in [5, 5.41) is 230. The van der Waals surface area contributed by atoms with E-state index in [1.54, 1.807) is 39.8 Å². The summed E-state index contributed by atoms with van der Waals surface area (Å²) >= 11 is 20.6. The number of amides is 8. The molecule has 15 rings (SSSR count). The van der Waals surface area contributed by atoms with Crippen LogP contribution in [0.4, 0.5) is 0 Å². The van der Waals surface area contributed by atoms with Crippen LogP contribution in [0.1, 0.15) is 135 Å². The van der Waals surface area contributed by atoms with Gasteiger partial charge in [0.2, 0.25) is 53.4 Å². The molecule has 7 unspecified atom stereocenters. The molecule has 27 atom stereocenters. The third-order valence-corrected chi connectivity index (χ3v) is 27.1. The molecule has 0 radical (unpaired) electrons. The zero-order valence-electron chi connectivity index (χ0n) is 79.0. The molecule has 46 nitrogen and oxygen atoms in total. The van der Waals surface area contributed by atoms with E-state index in [2.05, 4.69) is 53.2 Å². The van der Waals surface area contributed by atoms with Gasteiger partial charge in [0, 0.05) is 54.4 Å². The molecule has 0 aliphatic carbocycles. The van der Waals surface area contributed by atoms with Crippen LogP contribution in [-0.4, -0.2) is 319 Å². The smallest absolute Gasteiger partial charge is 0.330 e. The van der Waals surface area contributed by atoms with Crippen molar-refractivity contribution < 1.29 is 173 Å². The lowest BCUT2D eigenvalue weighted by molar-refractivity contribution is -0.335. The monoisotopic (exact) mass is 2100 g/mol. The number of hydrogen-bond donors (Lipinski definition) is 29. The number of nitrogens with two attached hydrogens (primary N) is 1. The van der Waals surface area contributed by atoms with Gasteiger partial charge < -0.3 is 189 Å². The molecule has 11 bridgehead atoms. The molecule has 0 spiro atoms. The van der Waals surface area contributed by atoms with Crippen LogP contribution in [0.3, 0.4) is 0 Å². The van der Waals surface area contributed by atoms with Gasteiger partial charge >= 0.3 is 5.97 Å². The number of aliphatic carboxylic acids is 1. The van der Waals surface area contributed by atoms with E-state index in [0.717, 1.165) is 83.4 Å². The minimum atomic E-state index is -2.48. The number of aromatic hydroxyl groups is 3. The molecular weight excluding hydrogens is 1990 g/mol. The van der Waals surface area contributed by atoms with Crippen LogP contribution < -0.4 is 73.1 Å². The molecule has 49 heteroatoms. The molecule has 3 saturated heterocycles. The van der Waals surface area contributed by atoms with Gasteiger partial charge in [-0.05, 0) is 158 Å². The largest absolute Gasteiger partial charge is 0.507 e. The quantitative estimate of drug-likeness (QED) is 0.0217. The van der Waals surface area contributed by atoms with Crippen LogP contribution in [0.5, 0.6) is 46.0 Å². The number of rotatable bonds is 33. The number of nitrogens with one attached hydrogen (secondary N) is 10. The Kier molecular flexibility index (Phi) is 37.3. The molecule has 8 aliphatic heterocycles. The number of benzene rings is 7. The lowest BCUT2D eigenvalue weighted by Crippen LogP contribution is -2.66. The Morgan fingerprint density at radius 2 is 1.23 bits per heavy atom. The first kappa shape index (κ1) is 112. The van der Waals surface area contributed by atoms with Gasteiger partial charge in [0.25, 0.3) is 5.91 Å². The van der Waals surface area contributed by atoms with Crippen molar-refractivity contribution in [2.75, 3.05) is 40.0 Å². The number of ether oxygens (including phenoxy) is 8. The average molecular weight is 2100 g/mol. The third-order valence-electron chi connectivity index (χ3n) is 26.3. The number of aliphatic hydroxyl groups excluding tert-OH is 14. The molecule has 7 aromatic rings. The van der Waals surface area contributed by atoms with Crippen LogP contribution in [0.2, 0.25) is 15.1 Å². The summed E-state index contributed by atoms with van der Waals surface area (Å²) in [5.41, 5.74) is 3.01. The van der Waals surface area contributed by atoms with E-state index in [1.165, 1.54) is 13.1 Å². The van der Waals surface area contributed by atoms with Gasteiger partial charge in [0.1, 0.15) is 126 Å². The highest BCUT2D eigenvalue weighted by molar-refractivity contribution is 6.32. The van der Waals surface area contributed by atoms with Crippen molar-refractivity contribution in [3.05, 3.63) is 175 Å². The Bertz CT molecular complexity index is 5870. The number of halogens is 3. The highest BCUT2D eigenvalue weighted by Gasteiger charge is 2.54. The van der Waals surface area contributed by atoms with E-state index in [0.29, 0.717) is 5.02 Å². The summed E-state index contributed by atoms with van der Waals surface area (Å²) in [7, 11) is 1.45. The van der Waals surface area contributed by atoms with Crippen molar-refractivity contribution in [1.82, 2.24) is 53.2 Å². The second kappa shape index (κ2) is 48.7. The van der Waals surface area contributed by atoms with Crippen LogP contribution in [-0.2, 0) is 79.9 Å². The number of carboxylic acid groups (broad SMARTS) is 1. The summed E-state index contributed by atoms with van der Waals surface area (Å²) < 4.78 is 50.8. The number of phenolic OH excluding ortho intramolecular Hbond substituents is 3. The average Bonchev–Trinajstić information content (AvgIpc) is 0.752. The molecule has 792 valence electrons. The van der Waals surface area contributed by atoms with Gasteiger partial charge in [-0.2, -0.15) is 0 Å². The Balaban J connectivity index is 0.909. The van der Waals surface area contributed by atoms with Crippen LogP contribution in [0, 0.1) is 5.92 Å². The summed E-state index contributed by atoms with van der Waals surface area (Å²) in [5.74, 6) is -18.8. The van der Waals surface area contributed by atoms with Crippen molar-refractivity contribution in [1.29, 1.82) is 0 Å². The van der Waals surface area contributed by atoms with Crippen LogP contribution in [0.25, 0.3) is 22.3 Å². The Labute approximate surface area is 848 Å². The number of hydrogen-bond acceptors (Lipinski definition) is 37. The first-order valence-corrected chi connectivity index (χ1v) is 47.9. The molecule has 0 aromatic heterocycles. The number of fused-ring (bicyclic) bond motifs is 15. The lowest BCUT2D eigenvalue weighted by Gasteiger charge is -2.49. The molecule has 8 heterocycles. The maximum absolute atomic E-state index is 16.6. The number of carbonyl (C=O) groups is 9. The molecule has 146 heavy (non-hydrogen) atoms. The molecule has 3 fully saturated rings. The van der Waals surface area contributed by atoms with E-state index < -0.39 is 340 Å². The highest BCUT2D eigenvalue weighted by Crippen LogP contribution is 2.51. The number of aliphatic hydroxyl groups is 14. The predicted molar refractivity (Wildman–Crippen MR) is 511 cm³/mol. The van der Waals surface area contributed by atoms with Gasteiger partial charge in [-0.15, -0.1) is 0 Å². The Morgan fingerprint density at radius 3 is 1.84 bits per heavy atom. The van der Waals surface area contributed by atoms with E-state index in [1.807, 2.05) is 36.4 Å². The predicted octanol–water partition coefficient (Wildman–Crippen LogP) is -1.11.